The summed E-state index contributed by atoms with van der Waals surface area (Å²) in [5.74, 6) is 0.824. The summed E-state index contributed by atoms with van der Waals surface area (Å²) < 4.78 is 5.26. The molecule has 1 aliphatic heterocycles. The molecule has 1 fully saturated rings. The van der Waals surface area contributed by atoms with E-state index in [2.05, 4.69) is 35.2 Å². The Morgan fingerprint density at radius 3 is 2.41 bits per heavy atom. The van der Waals surface area contributed by atoms with E-state index in [4.69, 9.17) is 14.8 Å². The van der Waals surface area contributed by atoms with Gasteiger partial charge in [0.1, 0.15) is 5.75 Å². The van der Waals surface area contributed by atoms with Gasteiger partial charge >= 0.3 is 6.09 Å². The number of benzene rings is 2. The fourth-order valence-corrected chi connectivity index (χ4v) is 3.39. The molecule has 0 spiro atoms. The lowest BCUT2D eigenvalue weighted by Gasteiger charge is -2.34. The molecule has 0 radical (unpaired) electrons. The molecule has 1 amide bonds. The second-order valence-corrected chi connectivity index (χ2v) is 6.56. The van der Waals surface area contributed by atoms with Crippen LogP contribution >= 0.6 is 0 Å². The van der Waals surface area contributed by atoms with Gasteiger partial charge in [-0.3, -0.25) is 0 Å². The Balaban J connectivity index is 1.52. The highest BCUT2D eigenvalue weighted by molar-refractivity contribution is 5.83. The average molecular weight is 363 g/mol. The maximum absolute atomic E-state index is 11.0. The average Bonchev–Trinajstić information content (AvgIpc) is 2.73. The molecular weight excluding hydrogens is 342 g/mol. The van der Waals surface area contributed by atoms with Crippen LogP contribution in [0, 0.1) is 0 Å². The van der Waals surface area contributed by atoms with Crippen molar-refractivity contribution < 1.29 is 14.6 Å². The number of ether oxygens (including phenoxy) is 1. The monoisotopic (exact) mass is 363 g/mol. The molecule has 1 aliphatic rings. The predicted octanol–water partition coefficient (Wildman–Crippen LogP) is 3.71. The summed E-state index contributed by atoms with van der Waals surface area (Å²) >= 11 is 0. The fraction of sp³-hybridized carbons (Fsp3) is 0.238. The highest BCUT2D eigenvalue weighted by Crippen LogP contribution is 2.26. The van der Waals surface area contributed by atoms with Gasteiger partial charge in [-0.05, 0) is 36.4 Å². The van der Waals surface area contributed by atoms with E-state index in [0.29, 0.717) is 26.2 Å². The molecule has 2 heterocycles. The van der Waals surface area contributed by atoms with Crippen LogP contribution in [0.3, 0.4) is 0 Å². The summed E-state index contributed by atoms with van der Waals surface area (Å²) in [5.41, 5.74) is 4.02. The van der Waals surface area contributed by atoms with Crippen LogP contribution in [0.2, 0.25) is 0 Å². The van der Waals surface area contributed by atoms with E-state index in [1.54, 1.807) is 7.11 Å². The van der Waals surface area contributed by atoms with E-state index in [1.807, 2.05) is 24.3 Å². The summed E-state index contributed by atoms with van der Waals surface area (Å²) in [6.45, 7) is 2.49. The molecule has 6 nitrogen and oxygen atoms in total. The Morgan fingerprint density at radius 2 is 1.74 bits per heavy atom. The Morgan fingerprint density at radius 1 is 1.00 bits per heavy atom. The maximum Gasteiger partial charge on any atom is 0.407 e. The van der Waals surface area contributed by atoms with E-state index >= 15 is 0 Å². The smallest absolute Gasteiger partial charge is 0.407 e. The van der Waals surface area contributed by atoms with Crippen molar-refractivity contribution >= 4 is 22.7 Å². The summed E-state index contributed by atoms with van der Waals surface area (Å²) in [6.07, 6.45) is -0.843. The van der Waals surface area contributed by atoms with Crippen LogP contribution in [0.15, 0.2) is 54.6 Å². The molecule has 2 aromatic carbocycles. The quantitative estimate of drug-likeness (QED) is 0.768. The molecule has 27 heavy (non-hydrogen) atoms. The molecule has 138 valence electrons. The molecule has 0 saturated carbocycles. The van der Waals surface area contributed by atoms with Gasteiger partial charge in [0.05, 0.1) is 18.3 Å². The van der Waals surface area contributed by atoms with Gasteiger partial charge in [-0.25, -0.2) is 9.78 Å². The molecule has 0 atom stereocenters. The number of hydrogen-bond acceptors (Lipinski definition) is 4. The van der Waals surface area contributed by atoms with Crippen LogP contribution < -0.4 is 9.64 Å². The van der Waals surface area contributed by atoms with E-state index in [9.17, 15) is 4.79 Å². The van der Waals surface area contributed by atoms with Crippen LogP contribution in [0.4, 0.5) is 10.5 Å². The highest BCUT2D eigenvalue weighted by Gasteiger charge is 2.20. The zero-order chi connectivity index (χ0) is 18.8. The first-order valence-corrected chi connectivity index (χ1v) is 8.92. The topological polar surface area (TPSA) is 65.9 Å². The molecule has 3 aromatic rings. The van der Waals surface area contributed by atoms with Gasteiger partial charge in [0, 0.05) is 42.8 Å². The number of rotatable bonds is 3. The SMILES string of the molecule is COc1ccc2nc(-c3ccc(N4CCN(C(=O)O)CC4)cc3)ccc2c1. The third-order valence-corrected chi connectivity index (χ3v) is 4.97. The second kappa shape index (κ2) is 7.15. The number of fused-ring (bicyclic) bond motifs is 1. The van der Waals surface area contributed by atoms with Crippen LogP contribution in [-0.4, -0.2) is 54.4 Å². The van der Waals surface area contributed by atoms with Gasteiger partial charge in [-0.1, -0.05) is 18.2 Å². The first kappa shape index (κ1) is 17.1. The van der Waals surface area contributed by atoms with Crippen molar-refractivity contribution in [2.75, 3.05) is 38.2 Å². The van der Waals surface area contributed by atoms with Crippen molar-refractivity contribution in [3.63, 3.8) is 0 Å². The fourth-order valence-electron chi connectivity index (χ4n) is 3.39. The van der Waals surface area contributed by atoms with E-state index in [1.165, 1.54) is 4.90 Å². The minimum Gasteiger partial charge on any atom is -0.497 e. The van der Waals surface area contributed by atoms with Gasteiger partial charge in [-0.2, -0.15) is 0 Å². The number of piperazine rings is 1. The number of carboxylic acid groups (broad SMARTS) is 1. The van der Waals surface area contributed by atoms with Crippen molar-refractivity contribution in [1.82, 2.24) is 9.88 Å². The third kappa shape index (κ3) is 3.51. The van der Waals surface area contributed by atoms with E-state index in [-0.39, 0.29) is 0 Å². The summed E-state index contributed by atoms with van der Waals surface area (Å²) in [7, 11) is 1.66. The van der Waals surface area contributed by atoms with Crippen molar-refractivity contribution in [1.29, 1.82) is 0 Å². The standard InChI is InChI=1S/C21H21N3O3/c1-27-18-7-9-20-16(14-18)4-8-19(22-20)15-2-5-17(6-3-15)23-10-12-24(13-11-23)21(25)26/h2-9,14H,10-13H2,1H3,(H,25,26). The number of pyridine rings is 1. The number of nitrogens with zero attached hydrogens (tertiary/aromatic N) is 3. The molecular formula is C21H21N3O3. The first-order valence-electron chi connectivity index (χ1n) is 8.92. The normalized spacial score (nSPS) is 14.4. The number of aromatic nitrogens is 1. The number of amides is 1. The van der Waals surface area contributed by atoms with Crippen LogP contribution in [0.25, 0.3) is 22.2 Å². The van der Waals surface area contributed by atoms with E-state index < -0.39 is 6.09 Å². The Kier molecular flexibility index (Phi) is 4.54. The van der Waals surface area contributed by atoms with Gasteiger partial charge in [-0.15, -0.1) is 0 Å². The zero-order valence-electron chi connectivity index (χ0n) is 15.1. The van der Waals surface area contributed by atoms with Crippen LogP contribution in [0.5, 0.6) is 5.75 Å². The number of methoxy groups -OCH3 is 1. The van der Waals surface area contributed by atoms with Gasteiger partial charge in [0.2, 0.25) is 0 Å². The number of anilines is 1. The molecule has 0 aliphatic carbocycles. The Bertz CT molecular complexity index is 964. The van der Waals surface area contributed by atoms with Crippen molar-refractivity contribution in [3.8, 4) is 17.0 Å². The molecule has 1 N–H and O–H groups in total. The predicted molar refractivity (Wildman–Crippen MR) is 106 cm³/mol. The van der Waals surface area contributed by atoms with Gasteiger partial charge < -0.3 is 19.6 Å². The molecule has 6 heteroatoms. The summed E-state index contributed by atoms with van der Waals surface area (Å²) in [5, 5.41) is 10.1. The second-order valence-electron chi connectivity index (χ2n) is 6.56. The molecule has 0 bridgehead atoms. The number of carbonyl (C=O) groups is 1. The summed E-state index contributed by atoms with van der Waals surface area (Å²) in [6, 6.07) is 18.2. The van der Waals surface area contributed by atoms with Crippen molar-refractivity contribution in [2.24, 2.45) is 0 Å². The lowest BCUT2D eigenvalue weighted by atomic mass is 10.1. The van der Waals surface area contributed by atoms with Crippen molar-refractivity contribution in [3.05, 3.63) is 54.6 Å². The Labute approximate surface area is 157 Å². The third-order valence-electron chi connectivity index (χ3n) is 4.97. The maximum atomic E-state index is 11.0. The van der Waals surface area contributed by atoms with Crippen LogP contribution in [0.1, 0.15) is 0 Å². The lowest BCUT2D eigenvalue weighted by Crippen LogP contribution is -2.48. The largest absolute Gasteiger partial charge is 0.497 e. The molecule has 1 aromatic heterocycles. The molecule has 0 unspecified atom stereocenters. The zero-order valence-corrected chi connectivity index (χ0v) is 15.1. The minimum absolute atomic E-state index is 0.535. The first-order chi connectivity index (χ1) is 13.1. The molecule has 1 saturated heterocycles. The van der Waals surface area contributed by atoms with Crippen LogP contribution in [-0.2, 0) is 0 Å². The number of hydrogen-bond donors (Lipinski definition) is 1. The van der Waals surface area contributed by atoms with Gasteiger partial charge in [0.15, 0.2) is 0 Å². The van der Waals surface area contributed by atoms with Crippen molar-refractivity contribution in [2.45, 2.75) is 0 Å². The Hall–Kier alpha value is -3.28. The lowest BCUT2D eigenvalue weighted by molar-refractivity contribution is 0.142. The molecule has 4 rings (SSSR count). The van der Waals surface area contributed by atoms with E-state index in [0.717, 1.165) is 33.6 Å². The minimum atomic E-state index is -0.843. The highest BCUT2D eigenvalue weighted by atomic mass is 16.5. The van der Waals surface area contributed by atoms with Gasteiger partial charge in [0.25, 0.3) is 0 Å². The summed E-state index contributed by atoms with van der Waals surface area (Å²) in [4.78, 5) is 19.4.